The highest BCUT2D eigenvalue weighted by Gasteiger charge is 2.12. The minimum atomic E-state index is -0.728. The number of hydrogen-bond donors (Lipinski definition) is 1. The molecule has 1 N–H and O–H groups in total. The third-order valence-electron chi connectivity index (χ3n) is 3.06. The normalized spacial score (nSPS) is 12.4. The highest BCUT2D eigenvalue weighted by molar-refractivity contribution is 9.10. The van der Waals surface area contributed by atoms with Crippen LogP contribution < -0.4 is 0 Å². The van der Waals surface area contributed by atoms with Gasteiger partial charge in [0.15, 0.2) is 0 Å². The smallest absolute Gasteiger partial charge is 0.137 e. The van der Waals surface area contributed by atoms with Crippen LogP contribution in [0.15, 0.2) is 46.9 Å². The monoisotopic (exact) mass is 322 g/mol. The molecule has 2 aromatic carbocycles. The maximum Gasteiger partial charge on any atom is 0.137 e. The van der Waals surface area contributed by atoms with E-state index in [9.17, 15) is 9.50 Å². The molecule has 3 heteroatoms. The van der Waals surface area contributed by atoms with E-state index in [1.807, 2.05) is 18.2 Å². The van der Waals surface area contributed by atoms with Crippen LogP contribution in [0.4, 0.5) is 4.39 Å². The van der Waals surface area contributed by atoms with Gasteiger partial charge in [0, 0.05) is 0 Å². The Kier molecular flexibility index (Phi) is 4.72. The number of rotatable bonds is 4. The summed E-state index contributed by atoms with van der Waals surface area (Å²) in [6.07, 6.45) is 1.34. The van der Waals surface area contributed by atoms with Gasteiger partial charge in [-0.05, 0) is 51.2 Å². The van der Waals surface area contributed by atoms with Crippen molar-refractivity contribution in [3.8, 4) is 0 Å². The van der Waals surface area contributed by atoms with Crippen LogP contribution in [-0.2, 0) is 6.42 Å². The van der Waals surface area contributed by atoms with Gasteiger partial charge >= 0.3 is 0 Å². The van der Waals surface area contributed by atoms with E-state index in [2.05, 4.69) is 28.9 Å². The second-order valence-corrected chi connectivity index (χ2v) is 5.43. The van der Waals surface area contributed by atoms with Gasteiger partial charge in [-0.15, -0.1) is 0 Å². The molecule has 0 bridgehead atoms. The molecule has 0 aromatic heterocycles. The number of benzene rings is 2. The molecule has 0 saturated carbocycles. The van der Waals surface area contributed by atoms with Crippen molar-refractivity contribution in [2.75, 3.05) is 0 Å². The van der Waals surface area contributed by atoms with Crippen LogP contribution in [-0.4, -0.2) is 5.11 Å². The first-order chi connectivity index (χ1) is 9.11. The van der Waals surface area contributed by atoms with Crippen molar-refractivity contribution in [1.82, 2.24) is 0 Å². The Balaban J connectivity index is 2.29. The Hall–Kier alpha value is -1.19. The summed E-state index contributed by atoms with van der Waals surface area (Å²) < 4.78 is 13.6. The van der Waals surface area contributed by atoms with Gasteiger partial charge in [0.05, 0.1) is 4.47 Å². The summed E-state index contributed by atoms with van der Waals surface area (Å²) >= 11 is 3.14. The van der Waals surface area contributed by atoms with Gasteiger partial charge in [-0.3, -0.25) is 0 Å². The number of aliphatic hydroxyl groups excluding tert-OH is 1. The molecule has 0 aliphatic carbocycles. The second-order valence-electron chi connectivity index (χ2n) is 4.57. The summed E-state index contributed by atoms with van der Waals surface area (Å²) in [6.45, 7) is 2.13. The summed E-state index contributed by atoms with van der Waals surface area (Å²) in [6, 6.07) is 12.5. The van der Waals surface area contributed by atoms with Crippen LogP contribution >= 0.6 is 15.9 Å². The number of hydrogen-bond acceptors (Lipinski definition) is 1. The third kappa shape index (κ3) is 3.43. The van der Waals surface area contributed by atoms with E-state index in [0.717, 1.165) is 18.4 Å². The minimum Gasteiger partial charge on any atom is -0.384 e. The zero-order valence-corrected chi connectivity index (χ0v) is 12.3. The van der Waals surface area contributed by atoms with Gasteiger partial charge < -0.3 is 5.11 Å². The summed E-state index contributed by atoms with van der Waals surface area (Å²) in [5.41, 5.74) is 2.73. The lowest BCUT2D eigenvalue weighted by Crippen LogP contribution is -2.01. The zero-order chi connectivity index (χ0) is 13.8. The lowest BCUT2D eigenvalue weighted by molar-refractivity contribution is 0.220. The van der Waals surface area contributed by atoms with Crippen molar-refractivity contribution < 1.29 is 9.50 Å². The molecule has 0 heterocycles. The van der Waals surface area contributed by atoms with Crippen LogP contribution in [0.2, 0.25) is 0 Å². The highest BCUT2D eigenvalue weighted by atomic mass is 79.9. The summed E-state index contributed by atoms with van der Waals surface area (Å²) in [5, 5.41) is 10.4. The Morgan fingerprint density at radius 2 is 1.89 bits per heavy atom. The Labute approximate surface area is 121 Å². The van der Waals surface area contributed by atoms with Gasteiger partial charge in [0.25, 0.3) is 0 Å². The fraction of sp³-hybridized carbons (Fsp3) is 0.250. The maximum atomic E-state index is 13.2. The van der Waals surface area contributed by atoms with Gasteiger partial charge in [0.2, 0.25) is 0 Å². The van der Waals surface area contributed by atoms with Crippen LogP contribution in [0.25, 0.3) is 0 Å². The molecule has 100 valence electrons. The molecule has 0 radical (unpaired) electrons. The van der Waals surface area contributed by atoms with E-state index in [-0.39, 0.29) is 5.82 Å². The first kappa shape index (κ1) is 14.2. The van der Waals surface area contributed by atoms with E-state index < -0.39 is 6.10 Å². The fourth-order valence-electron chi connectivity index (χ4n) is 2.08. The van der Waals surface area contributed by atoms with Gasteiger partial charge in [0.1, 0.15) is 11.9 Å². The van der Waals surface area contributed by atoms with Gasteiger partial charge in [-0.1, -0.05) is 43.7 Å². The second kappa shape index (κ2) is 6.31. The zero-order valence-electron chi connectivity index (χ0n) is 10.7. The predicted molar refractivity (Wildman–Crippen MR) is 78.6 cm³/mol. The predicted octanol–water partition coefficient (Wildman–Crippen LogP) is 4.62. The molecule has 0 saturated heterocycles. The van der Waals surface area contributed by atoms with Crippen LogP contribution in [0.5, 0.6) is 0 Å². The van der Waals surface area contributed by atoms with Crippen molar-refractivity contribution in [1.29, 1.82) is 0 Å². The summed E-state index contributed by atoms with van der Waals surface area (Å²) in [5.74, 6) is -0.323. The van der Waals surface area contributed by atoms with Crippen molar-refractivity contribution in [3.05, 3.63) is 69.4 Å². The number of aryl methyl sites for hydroxylation is 1. The minimum absolute atomic E-state index is 0.323. The lowest BCUT2D eigenvalue weighted by Gasteiger charge is -2.13. The van der Waals surface area contributed by atoms with E-state index >= 15 is 0 Å². The molecule has 0 spiro atoms. The van der Waals surface area contributed by atoms with Crippen LogP contribution in [0.1, 0.15) is 36.1 Å². The molecule has 19 heavy (non-hydrogen) atoms. The fourth-order valence-corrected chi connectivity index (χ4v) is 2.48. The van der Waals surface area contributed by atoms with Crippen LogP contribution in [0.3, 0.4) is 0 Å². The number of halogens is 2. The third-order valence-corrected chi connectivity index (χ3v) is 3.67. The average molecular weight is 323 g/mol. The Morgan fingerprint density at radius 3 is 2.58 bits per heavy atom. The molecule has 1 unspecified atom stereocenters. The van der Waals surface area contributed by atoms with E-state index in [1.54, 1.807) is 12.1 Å². The van der Waals surface area contributed by atoms with Gasteiger partial charge in [-0.2, -0.15) is 0 Å². The van der Waals surface area contributed by atoms with Crippen molar-refractivity contribution in [2.24, 2.45) is 0 Å². The highest BCUT2D eigenvalue weighted by Crippen LogP contribution is 2.26. The molecule has 0 aliphatic heterocycles. The molecule has 0 fully saturated rings. The Morgan fingerprint density at radius 1 is 1.16 bits per heavy atom. The maximum absolute atomic E-state index is 13.2. The Bertz CT molecular complexity index is 568. The van der Waals surface area contributed by atoms with E-state index in [0.29, 0.717) is 10.0 Å². The average Bonchev–Trinajstić information content (AvgIpc) is 2.42. The molecule has 1 nitrogen and oxygen atoms in total. The molecule has 0 amide bonds. The quantitative estimate of drug-likeness (QED) is 0.870. The first-order valence-corrected chi connectivity index (χ1v) is 7.13. The molecular weight excluding hydrogens is 307 g/mol. The van der Waals surface area contributed by atoms with Crippen molar-refractivity contribution >= 4 is 15.9 Å². The van der Waals surface area contributed by atoms with Crippen molar-refractivity contribution in [3.63, 3.8) is 0 Å². The molecule has 1 atom stereocenters. The van der Waals surface area contributed by atoms with E-state index in [4.69, 9.17) is 0 Å². The van der Waals surface area contributed by atoms with E-state index in [1.165, 1.54) is 11.6 Å². The molecule has 0 aliphatic rings. The molecule has 2 rings (SSSR count). The molecule has 2 aromatic rings. The topological polar surface area (TPSA) is 20.2 Å². The summed E-state index contributed by atoms with van der Waals surface area (Å²) in [7, 11) is 0. The standard InChI is InChI=1S/C16H16BrFO/c1-2-4-11-5-3-6-12(9-11)16(19)13-7-8-15(18)14(17)10-13/h3,5-10,16,19H,2,4H2,1H3. The van der Waals surface area contributed by atoms with Crippen LogP contribution in [0, 0.1) is 5.82 Å². The largest absolute Gasteiger partial charge is 0.384 e. The molecular formula is C16H16BrFO. The lowest BCUT2D eigenvalue weighted by atomic mass is 9.98. The SMILES string of the molecule is CCCc1cccc(C(O)c2ccc(F)c(Br)c2)c1. The first-order valence-electron chi connectivity index (χ1n) is 6.33. The number of aliphatic hydroxyl groups is 1. The van der Waals surface area contributed by atoms with Crippen molar-refractivity contribution in [2.45, 2.75) is 25.9 Å². The summed E-state index contributed by atoms with van der Waals surface area (Å²) in [4.78, 5) is 0. The van der Waals surface area contributed by atoms with Gasteiger partial charge in [-0.25, -0.2) is 4.39 Å².